The van der Waals surface area contributed by atoms with E-state index in [4.69, 9.17) is 4.74 Å². The number of carbonyl (C=O) groups excluding carboxylic acids is 1. The average molecular weight is 321 g/mol. The van der Waals surface area contributed by atoms with E-state index in [0.29, 0.717) is 12.5 Å². The molecule has 0 heterocycles. The van der Waals surface area contributed by atoms with E-state index in [1.54, 1.807) is 6.08 Å². The maximum absolute atomic E-state index is 11.9. The highest BCUT2D eigenvalue weighted by Gasteiger charge is 2.28. The van der Waals surface area contributed by atoms with Gasteiger partial charge in [0, 0.05) is 12.1 Å². The van der Waals surface area contributed by atoms with Crippen molar-refractivity contribution in [3.05, 3.63) is 71.8 Å². The van der Waals surface area contributed by atoms with E-state index in [1.165, 1.54) is 12.8 Å². The minimum Gasteiger partial charge on any atom is -0.489 e. The van der Waals surface area contributed by atoms with E-state index in [0.717, 1.165) is 16.9 Å². The molecule has 0 bridgehead atoms. The Kier molecular flexibility index (Phi) is 5.32. The molecular formula is C21H23NO2. The molecule has 3 heteroatoms. The van der Waals surface area contributed by atoms with Crippen LogP contribution in [-0.4, -0.2) is 11.9 Å². The summed E-state index contributed by atoms with van der Waals surface area (Å²) in [4.78, 5) is 11.9. The summed E-state index contributed by atoms with van der Waals surface area (Å²) < 4.78 is 5.81. The number of ether oxygens (including phenoxy) is 1. The minimum atomic E-state index is -0.0370. The quantitative estimate of drug-likeness (QED) is 0.776. The van der Waals surface area contributed by atoms with Gasteiger partial charge < -0.3 is 10.1 Å². The van der Waals surface area contributed by atoms with Crippen molar-refractivity contribution < 1.29 is 9.53 Å². The highest BCUT2D eigenvalue weighted by molar-refractivity contribution is 5.91. The number of amides is 1. The number of carbonyl (C=O) groups is 1. The van der Waals surface area contributed by atoms with Crippen molar-refractivity contribution in [2.45, 2.75) is 32.4 Å². The Morgan fingerprint density at radius 2 is 2.00 bits per heavy atom. The summed E-state index contributed by atoms with van der Waals surface area (Å²) in [7, 11) is 0. The zero-order chi connectivity index (χ0) is 16.8. The maximum Gasteiger partial charge on any atom is 0.244 e. The summed E-state index contributed by atoms with van der Waals surface area (Å²) in [5, 5.41) is 3.02. The lowest BCUT2D eigenvalue weighted by atomic mass is 10.2. The van der Waals surface area contributed by atoms with Crippen LogP contribution in [-0.2, 0) is 11.4 Å². The fourth-order valence-electron chi connectivity index (χ4n) is 2.61. The Bertz CT molecular complexity index is 705. The molecule has 1 fully saturated rings. The molecule has 0 aliphatic heterocycles. The molecule has 1 aliphatic rings. The Balaban J connectivity index is 1.54. The summed E-state index contributed by atoms with van der Waals surface area (Å²) >= 11 is 0. The fraction of sp³-hybridized carbons (Fsp3) is 0.286. The van der Waals surface area contributed by atoms with E-state index < -0.39 is 0 Å². The van der Waals surface area contributed by atoms with Gasteiger partial charge in [-0.3, -0.25) is 4.79 Å². The zero-order valence-electron chi connectivity index (χ0n) is 13.9. The average Bonchev–Trinajstić information content (AvgIpc) is 3.45. The Hall–Kier alpha value is -2.55. The third-order valence-corrected chi connectivity index (χ3v) is 4.23. The molecule has 0 aromatic heterocycles. The third-order valence-electron chi connectivity index (χ3n) is 4.23. The van der Waals surface area contributed by atoms with Gasteiger partial charge in [-0.25, -0.2) is 0 Å². The molecule has 0 spiro atoms. The SMILES string of the molecule is CC(NC(=O)/C=C/c1cccc(OCc2ccccc2)c1)C1CC1. The predicted octanol–water partition coefficient (Wildman–Crippen LogP) is 4.19. The second-order valence-corrected chi connectivity index (χ2v) is 6.31. The van der Waals surface area contributed by atoms with Gasteiger partial charge in [-0.1, -0.05) is 42.5 Å². The van der Waals surface area contributed by atoms with Crippen LogP contribution in [0, 0.1) is 5.92 Å². The van der Waals surface area contributed by atoms with E-state index in [1.807, 2.05) is 60.7 Å². The molecule has 1 aliphatic carbocycles. The van der Waals surface area contributed by atoms with Crippen LogP contribution in [0.2, 0.25) is 0 Å². The molecule has 1 saturated carbocycles. The van der Waals surface area contributed by atoms with Crippen molar-refractivity contribution in [3.8, 4) is 5.75 Å². The van der Waals surface area contributed by atoms with Crippen molar-refractivity contribution in [1.29, 1.82) is 0 Å². The van der Waals surface area contributed by atoms with E-state index in [9.17, 15) is 4.79 Å². The summed E-state index contributed by atoms with van der Waals surface area (Å²) in [6.45, 7) is 2.61. The Morgan fingerprint density at radius 1 is 1.21 bits per heavy atom. The maximum atomic E-state index is 11.9. The number of nitrogens with one attached hydrogen (secondary N) is 1. The van der Waals surface area contributed by atoms with Gasteiger partial charge in [0.2, 0.25) is 5.91 Å². The first-order valence-electron chi connectivity index (χ1n) is 8.46. The monoisotopic (exact) mass is 321 g/mol. The van der Waals surface area contributed by atoms with Gasteiger partial charge in [-0.05, 0) is 55.0 Å². The van der Waals surface area contributed by atoms with Crippen LogP contribution in [0.15, 0.2) is 60.7 Å². The standard InChI is InChI=1S/C21H23NO2/c1-16(19-11-12-19)22-21(23)13-10-17-8-5-9-20(14-17)24-15-18-6-3-2-4-7-18/h2-10,13-14,16,19H,11-12,15H2,1H3,(H,22,23)/b13-10+. The highest BCUT2D eigenvalue weighted by Crippen LogP contribution is 2.32. The fourth-order valence-corrected chi connectivity index (χ4v) is 2.61. The lowest BCUT2D eigenvalue weighted by Crippen LogP contribution is -2.32. The summed E-state index contributed by atoms with van der Waals surface area (Å²) in [5.74, 6) is 1.43. The highest BCUT2D eigenvalue weighted by atomic mass is 16.5. The molecule has 1 atom stereocenters. The summed E-state index contributed by atoms with van der Waals surface area (Å²) in [6, 6.07) is 18.1. The summed E-state index contributed by atoms with van der Waals surface area (Å²) in [5.41, 5.74) is 2.08. The van der Waals surface area contributed by atoms with Crippen LogP contribution in [0.4, 0.5) is 0 Å². The van der Waals surface area contributed by atoms with Crippen LogP contribution >= 0.6 is 0 Å². The smallest absolute Gasteiger partial charge is 0.244 e. The number of rotatable bonds is 7. The lowest BCUT2D eigenvalue weighted by molar-refractivity contribution is -0.117. The van der Waals surface area contributed by atoms with Crippen LogP contribution < -0.4 is 10.1 Å². The molecule has 24 heavy (non-hydrogen) atoms. The Labute approximate surface area is 143 Å². The van der Waals surface area contributed by atoms with Gasteiger partial charge >= 0.3 is 0 Å². The van der Waals surface area contributed by atoms with Crippen molar-refractivity contribution in [2.75, 3.05) is 0 Å². The third kappa shape index (κ3) is 4.98. The molecule has 0 saturated heterocycles. The first kappa shape index (κ1) is 16.3. The molecule has 2 aromatic rings. The number of hydrogen-bond acceptors (Lipinski definition) is 2. The van der Waals surface area contributed by atoms with Gasteiger partial charge in [0.05, 0.1) is 0 Å². The van der Waals surface area contributed by atoms with Gasteiger partial charge in [-0.15, -0.1) is 0 Å². The van der Waals surface area contributed by atoms with Crippen LogP contribution in [0.25, 0.3) is 6.08 Å². The lowest BCUT2D eigenvalue weighted by Gasteiger charge is -2.10. The molecule has 1 unspecified atom stereocenters. The molecular weight excluding hydrogens is 298 g/mol. The van der Waals surface area contributed by atoms with E-state index >= 15 is 0 Å². The second-order valence-electron chi connectivity index (χ2n) is 6.31. The second kappa shape index (κ2) is 7.82. The van der Waals surface area contributed by atoms with Gasteiger partial charge in [-0.2, -0.15) is 0 Å². The summed E-state index contributed by atoms with van der Waals surface area (Å²) in [6.07, 6.45) is 5.87. The normalized spacial score (nSPS) is 15.2. The first-order chi connectivity index (χ1) is 11.7. The van der Waals surface area contributed by atoms with Crippen molar-refractivity contribution >= 4 is 12.0 Å². The molecule has 2 aromatic carbocycles. The van der Waals surface area contributed by atoms with Crippen molar-refractivity contribution in [3.63, 3.8) is 0 Å². The van der Waals surface area contributed by atoms with Crippen molar-refractivity contribution in [1.82, 2.24) is 5.32 Å². The van der Waals surface area contributed by atoms with Crippen LogP contribution in [0.1, 0.15) is 30.9 Å². The number of benzene rings is 2. The molecule has 124 valence electrons. The largest absolute Gasteiger partial charge is 0.489 e. The van der Waals surface area contributed by atoms with Crippen molar-refractivity contribution in [2.24, 2.45) is 5.92 Å². The van der Waals surface area contributed by atoms with Crippen LogP contribution in [0.3, 0.4) is 0 Å². The minimum absolute atomic E-state index is 0.0370. The molecule has 1 amide bonds. The molecule has 1 N–H and O–H groups in total. The van der Waals surface area contributed by atoms with E-state index in [2.05, 4.69) is 12.2 Å². The molecule has 0 radical (unpaired) electrons. The first-order valence-corrected chi connectivity index (χ1v) is 8.46. The van der Waals surface area contributed by atoms with E-state index in [-0.39, 0.29) is 11.9 Å². The van der Waals surface area contributed by atoms with Crippen LogP contribution in [0.5, 0.6) is 5.75 Å². The molecule has 3 nitrogen and oxygen atoms in total. The topological polar surface area (TPSA) is 38.3 Å². The zero-order valence-corrected chi connectivity index (χ0v) is 13.9. The molecule has 3 rings (SSSR count). The van der Waals surface area contributed by atoms with Gasteiger partial charge in [0.1, 0.15) is 12.4 Å². The van der Waals surface area contributed by atoms with Gasteiger partial charge in [0.15, 0.2) is 0 Å². The number of hydrogen-bond donors (Lipinski definition) is 1. The predicted molar refractivity (Wildman–Crippen MR) is 96.6 cm³/mol. The van der Waals surface area contributed by atoms with Gasteiger partial charge in [0.25, 0.3) is 0 Å². The Morgan fingerprint density at radius 3 is 2.75 bits per heavy atom.